The van der Waals surface area contributed by atoms with E-state index < -0.39 is 86.1 Å². The number of halogens is 10. The first-order valence-corrected chi connectivity index (χ1v) is 14.1. The predicted octanol–water partition coefficient (Wildman–Crippen LogP) is 8.62. The molecule has 39 heavy (non-hydrogen) atoms. The van der Waals surface area contributed by atoms with Gasteiger partial charge in [-0.25, -0.2) is 22.0 Å². The molecule has 4 aliphatic rings. The average Bonchev–Trinajstić information content (AvgIpc) is 2.83. The van der Waals surface area contributed by atoms with Crippen LogP contribution >= 0.6 is 0 Å². The summed E-state index contributed by atoms with van der Waals surface area (Å²) < 4.78 is 148. The van der Waals surface area contributed by atoms with E-state index in [0.29, 0.717) is 24.7 Å². The van der Waals surface area contributed by atoms with Crippen LogP contribution in [-0.4, -0.2) is 55.5 Å². The number of ether oxygens (including phenoxy) is 2. The Morgan fingerprint density at radius 3 is 1.49 bits per heavy atom. The van der Waals surface area contributed by atoms with Crippen LogP contribution in [0.1, 0.15) is 77.6 Å². The minimum absolute atomic E-state index is 0.236. The predicted molar refractivity (Wildman–Crippen MR) is 123 cm³/mol. The number of hydrogen-bond acceptors (Lipinski definition) is 2. The Bertz CT molecular complexity index is 765. The summed E-state index contributed by atoms with van der Waals surface area (Å²) in [7, 11) is 0. The van der Waals surface area contributed by atoms with Gasteiger partial charge in [0.05, 0.1) is 5.92 Å². The Labute approximate surface area is 222 Å². The van der Waals surface area contributed by atoms with Crippen molar-refractivity contribution in [1.82, 2.24) is 0 Å². The SMILES string of the molecule is CC1CCC(C2CCC(C3CC(F)C(OC(F)(F)C4CC(F)C(OC(F)(F)F)C(F)C4)C(F)C3)C(F)C2)CC1. The zero-order valence-corrected chi connectivity index (χ0v) is 21.9. The van der Waals surface area contributed by atoms with Crippen molar-refractivity contribution < 1.29 is 53.4 Å². The molecule has 0 aliphatic heterocycles. The van der Waals surface area contributed by atoms with Gasteiger partial charge in [-0.1, -0.05) is 19.8 Å². The van der Waals surface area contributed by atoms with E-state index in [1.54, 1.807) is 0 Å². The zero-order valence-electron chi connectivity index (χ0n) is 21.9. The van der Waals surface area contributed by atoms with Crippen molar-refractivity contribution in [2.75, 3.05) is 0 Å². The van der Waals surface area contributed by atoms with Gasteiger partial charge in [0.15, 0.2) is 0 Å². The molecule has 0 spiro atoms. The highest BCUT2D eigenvalue weighted by molar-refractivity contribution is 4.97. The van der Waals surface area contributed by atoms with Gasteiger partial charge in [-0.05, 0) is 87.4 Å². The van der Waals surface area contributed by atoms with Gasteiger partial charge in [0.2, 0.25) is 0 Å². The molecule has 7 unspecified atom stereocenters. The first-order chi connectivity index (χ1) is 18.1. The summed E-state index contributed by atoms with van der Waals surface area (Å²) in [6, 6.07) is 0. The summed E-state index contributed by atoms with van der Waals surface area (Å²) in [5.74, 6) is -2.14. The zero-order chi connectivity index (χ0) is 28.7. The molecular weight excluding hydrogens is 546 g/mol. The van der Waals surface area contributed by atoms with Gasteiger partial charge in [-0.15, -0.1) is 13.2 Å². The van der Waals surface area contributed by atoms with Crippen LogP contribution < -0.4 is 0 Å². The number of hydrogen-bond donors (Lipinski definition) is 0. The van der Waals surface area contributed by atoms with Crippen LogP contribution in [0.4, 0.5) is 43.9 Å². The van der Waals surface area contributed by atoms with Crippen molar-refractivity contribution in [2.24, 2.45) is 35.5 Å². The molecule has 4 rings (SSSR count). The number of alkyl halides is 10. The lowest BCUT2D eigenvalue weighted by Crippen LogP contribution is -2.53. The topological polar surface area (TPSA) is 18.5 Å². The fourth-order valence-electron chi connectivity index (χ4n) is 7.54. The van der Waals surface area contributed by atoms with Gasteiger partial charge < -0.3 is 4.74 Å². The molecule has 0 heterocycles. The van der Waals surface area contributed by atoms with Crippen LogP contribution in [0, 0.1) is 35.5 Å². The molecule has 228 valence electrons. The highest BCUT2D eigenvalue weighted by Crippen LogP contribution is 2.49. The van der Waals surface area contributed by atoms with Crippen LogP contribution in [0.25, 0.3) is 0 Å². The second kappa shape index (κ2) is 12.2. The fourth-order valence-corrected chi connectivity index (χ4v) is 7.54. The summed E-state index contributed by atoms with van der Waals surface area (Å²) in [5.41, 5.74) is 0. The van der Waals surface area contributed by atoms with Crippen molar-refractivity contribution in [3.8, 4) is 0 Å². The second-order valence-electron chi connectivity index (χ2n) is 12.4. The lowest BCUT2D eigenvalue weighted by atomic mass is 9.64. The molecule has 0 aromatic carbocycles. The van der Waals surface area contributed by atoms with E-state index in [1.807, 2.05) is 0 Å². The molecule has 0 radical (unpaired) electrons. The van der Waals surface area contributed by atoms with E-state index in [0.717, 1.165) is 32.1 Å². The Morgan fingerprint density at radius 2 is 0.974 bits per heavy atom. The summed E-state index contributed by atoms with van der Waals surface area (Å²) in [6.07, 6.45) is -22.9. The van der Waals surface area contributed by atoms with Gasteiger partial charge in [0.1, 0.15) is 43.1 Å². The summed E-state index contributed by atoms with van der Waals surface area (Å²) >= 11 is 0. The maximum Gasteiger partial charge on any atom is 0.522 e. The average molecular weight is 585 g/mol. The van der Waals surface area contributed by atoms with E-state index in [-0.39, 0.29) is 18.8 Å². The number of rotatable bonds is 6. The highest BCUT2D eigenvalue weighted by atomic mass is 19.4. The highest BCUT2D eigenvalue weighted by Gasteiger charge is 2.56. The third-order valence-electron chi connectivity index (χ3n) is 9.74. The fraction of sp³-hybridized carbons (Fsp3) is 1.00. The molecule has 0 bridgehead atoms. The lowest BCUT2D eigenvalue weighted by molar-refractivity contribution is -0.366. The van der Waals surface area contributed by atoms with E-state index in [1.165, 1.54) is 0 Å². The molecule has 0 amide bonds. The Hall–Kier alpha value is -0.780. The van der Waals surface area contributed by atoms with Gasteiger partial charge in [-0.2, -0.15) is 8.78 Å². The molecule has 12 heteroatoms. The van der Waals surface area contributed by atoms with Crippen molar-refractivity contribution >= 4 is 0 Å². The first-order valence-electron chi connectivity index (χ1n) is 14.1. The van der Waals surface area contributed by atoms with Crippen LogP contribution in [-0.2, 0) is 9.47 Å². The second-order valence-corrected chi connectivity index (χ2v) is 12.4. The summed E-state index contributed by atoms with van der Waals surface area (Å²) in [5, 5.41) is 0. The quantitative estimate of drug-likeness (QED) is 0.291. The van der Waals surface area contributed by atoms with Gasteiger partial charge >= 0.3 is 12.5 Å². The van der Waals surface area contributed by atoms with Gasteiger partial charge in [0, 0.05) is 0 Å². The van der Waals surface area contributed by atoms with E-state index in [4.69, 9.17) is 0 Å². The van der Waals surface area contributed by atoms with Crippen LogP contribution in [0.3, 0.4) is 0 Å². The largest absolute Gasteiger partial charge is 0.522 e. The van der Waals surface area contributed by atoms with Crippen LogP contribution in [0.5, 0.6) is 0 Å². The third-order valence-corrected chi connectivity index (χ3v) is 9.74. The van der Waals surface area contributed by atoms with Crippen LogP contribution in [0.2, 0.25) is 0 Å². The van der Waals surface area contributed by atoms with E-state index in [2.05, 4.69) is 16.4 Å². The molecule has 4 saturated carbocycles. The Morgan fingerprint density at radius 1 is 0.513 bits per heavy atom. The molecule has 0 N–H and O–H groups in total. The van der Waals surface area contributed by atoms with Crippen molar-refractivity contribution in [3.63, 3.8) is 0 Å². The van der Waals surface area contributed by atoms with Crippen molar-refractivity contribution in [1.29, 1.82) is 0 Å². The lowest BCUT2D eigenvalue weighted by Gasteiger charge is -2.45. The monoisotopic (exact) mass is 584 g/mol. The molecule has 7 atom stereocenters. The molecule has 4 fully saturated rings. The van der Waals surface area contributed by atoms with Gasteiger partial charge in [-0.3, -0.25) is 4.74 Å². The third kappa shape index (κ3) is 7.55. The minimum Gasteiger partial charge on any atom is -0.311 e. The van der Waals surface area contributed by atoms with Crippen molar-refractivity contribution in [3.05, 3.63) is 0 Å². The van der Waals surface area contributed by atoms with E-state index in [9.17, 15) is 30.7 Å². The normalized spacial score (nSPS) is 46.7. The minimum atomic E-state index is -5.36. The van der Waals surface area contributed by atoms with Crippen molar-refractivity contribution in [2.45, 2.75) is 133 Å². The smallest absolute Gasteiger partial charge is 0.311 e. The maximum atomic E-state index is 15.2. The Balaban J connectivity index is 1.31. The molecule has 2 nitrogen and oxygen atoms in total. The Kier molecular flexibility index (Phi) is 9.76. The maximum absolute atomic E-state index is 15.2. The summed E-state index contributed by atoms with van der Waals surface area (Å²) in [6.45, 7) is 2.20. The van der Waals surface area contributed by atoms with Gasteiger partial charge in [0.25, 0.3) is 0 Å². The standard InChI is InChI=1S/C27H38F10O2/c1-13-2-4-14(5-3-13)15-6-7-18(19(28)8-15)16-9-20(29)24(21(30)10-16)38-26(33,34)17-11-22(31)25(23(32)12-17)39-27(35,36)37/h13-25H,2-12H2,1H3. The first kappa shape index (κ1) is 31.2. The molecule has 0 aromatic heterocycles. The summed E-state index contributed by atoms with van der Waals surface area (Å²) in [4.78, 5) is 0. The molecule has 0 aromatic rings. The molecule has 4 aliphatic carbocycles. The molecular formula is C27H38F10O2. The van der Waals surface area contributed by atoms with Crippen LogP contribution in [0.15, 0.2) is 0 Å². The van der Waals surface area contributed by atoms with E-state index >= 15 is 13.2 Å². The molecule has 0 saturated heterocycles.